The molecule has 0 saturated heterocycles. The lowest BCUT2D eigenvalue weighted by Gasteiger charge is -2.15. The number of aliphatic hydroxyl groups is 1. The topological polar surface area (TPSA) is 46.5 Å². The second-order valence-corrected chi connectivity index (χ2v) is 4.56. The molecule has 0 spiro atoms. The lowest BCUT2D eigenvalue weighted by Crippen LogP contribution is -2.21. The van der Waals surface area contributed by atoms with Crippen molar-refractivity contribution in [3.63, 3.8) is 0 Å². The quantitative estimate of drug-likeness (QED) is 0.656. The van der Waals surface area contributed by atoms with E-state index in [1.807, 2.05) is 31.2 Å². The molecule has 0 radical (unpaired) electrons. The third kappa shape index (κ3) is 2.18. The highest BCUT2D eigenvalue weighted by Gasteiger charge is 2.39. The Morgan fingerprint density at radius 2 is 2.17 bits per heavy atom. The fourth-order valence-corrected chi connectivity index (χ4v) is 2.26. The van der Waals surface area contributed by atoms with E-state index in [1.165, 1.54) is 0 Å². The number of hydrogen-bond acceptors (Lipinski definition) is 3. The Morgan fingerprint density at radius 3 is 2.83 bits per heavy atom. The monoisotopic (exact) mass is 246 g/mol. The standard InChI is InChI=1S/C15H18O3/c1-3-4-9-18-15(17)13-10(2)11-7-5-6-8-12(11)14(13)16/h5-8,13-14,16H,2-4,9H2,1H3/t13-,14+/m0/s1. The molecule has 0 heterocycles. The molecule has 0 fully saturated rings. The van der Waals surface area contributed by atoms with Gasteiger partial charge in [0.1, 0.15) is 5.92 Å². The van der Waals surface area contributed by atoms with Crippen LogP contribution in [0.15, 0.2) is 30.8 Å². The van der Waals surface area contributed by atoms with Crippen LogP contribution in [-0.4, -0.2) is 17.7 Å². The number of fused-ring (bicyclic) bond motifs is 1. The van der Waals surface area contributed by atoms with Gasteiger partial charge in [0.2, 0.25) is 0 Å². The molecule has 96 valence electrons. The molecule has 1 aliphatic carbocycles. The third-order valence-corrected chi connectivity index (χ3v) is 3.31. The molecule has 1 aliphatic rings. The Hall–Kier alpha value is -1.61. The van der Waals surface area contributed by atoms with E-state index in [0.717, 1.165) is 24.0 Å². The summed E-state index contributed by atoms with van der Waals surface area (Å²) in [6.45, 7) is 6.36. The SMILES string of the molecule is C=C1c2ccccc2[C@@H](O)[C@H]1C(=O)OCCCC. The normalized spacial score (nSPS) is 21.8. The molecule has 0 bridgehead atoms. The van der Waals surface area contributed by atoms with E-state index in [9.17, 15) is 9.90 Å². The number of unbranched alkanes of at least 4 members (excludes halogenated alkanes) is 1. The summed E-state index contributed by atoms with van der Waals surface area (Å²) < 4.78 is 5.18. The largest absolute Gasteiger partial charge is 0.465 e. The Kier molecular flexibility index (Phi) is 3.82. The van der Waals surface area contributed by atoms with Crippen LogP contribution in [0.2, 0.25) is 0 Å². The van der Waals surface area contributed by atoms with Crippen molar-refractivity contribution in [2.75, 3.05) is 6.61 Å². The number of carbonyl (C=O) groups excluding carboxylic acids is 1. The van der Waals surface area contributed by atoms with E-state index >= 15 is 0 Å². The zero-order valence-corrected chi connectivity index (χ0v) is 10.6. The number of ether oxygens (including phenoxy) is 1. The first-order valence-corrected chi connectivity index (χ1v) is 6.29. The number of rotatable bonds is 4. The van der Waals surface area contributed by atoms with Crippen LogP contribution in [0.5, 0.6) is 0 Å². The van der Waals surface area contributed by atoms with Crippen LogP contribution in [0, 0.1) is 5.92 Å². The summed E-state index contributed by atoms with van der Waals surface area (Å²) in [4.78, 5) is 12.0. The van der Waals surface area contributed by atoms with Crippen LogP contribution in [0.25, 0.3) is 5.57 Å². The van der Waals surface area contributed by atoms with Gasteiger partial charge < -0.3 is 9.84 Å². The molecule has 2 atom stereocenters. The highest BCUT2D eigenvalue weighted by molar-refractivity contribution is 5.92. The molecule has 2 rings (SSSR count). The zero-order chi connectivity index (χ0) is 13.1. The maximum atomic E-state index is 12.0. The van der Waals surface area contributed by atoms with Crippen molar-refractivity contribution in [2.24, 2.45) is 5.92 Å². The van der Waals surface area contributed by atoms with Crippen LogP contribution >= 0.6 is 0 Å². The van der Waals surface area contributed by atoms with E-state index in [-0.39, 0.29) is 5.97 Å². The molecule has 0 aliphatic heterocycles. The molecular weight excluding hydrogens is 228 g/mol. The van der Waals surface area contributed by atoms with Crippen LogP contribution in [-0.2, 0) is 9.53 Å². The molecule has 1 N–H and O–H groups in total. The summed E-state index contributed by atoms with van der Waals surface area (Å²) in [5.41, 5.74) is 2.28. The molecule has 3 heteroatoms. The minimum atomic E-state index is -0.831. The van der Waals surface area contributed by atoms with Crippen molar-refractivity contribution < 1.29 is 14.6 Å². The second-order valence-electron chi connectivity index (χ2n) is 4.56. The van der Waals surface area contributed by atoms with E-state index in [0.29, 0.717) is 12.2 Å². The fourth-order valence-electron chi connectivity index (χ4n) is 2.26. The highest BCUT2D eigenvalue weighted by Crippen LogP contribution is 2.43. The van der Waals surface area contributed by atoms with Gasteiger partial charge in [0.05, 0.1) is 12.7 Å². The van der Waals surface area contributed by atoms with Gasteiger partial charge in [0, 0.05) is 0 Å². The highest BCUT2D eigenvalue weighted by atomic mass is 16.5. The van der Waals surface area contributed by atoms with Gasteiger partial charge in [-0.25, -0.2) is 0 Å². The summed E-state index contributed by atoms with van der Waals surface area (Å²) in [5.74, 6) is -1.03. The Balaban J connectivity index is 2.13. The molecule has 1 aromatic rings. The predicted octanol–water partition coefficient (Wildman–Crippen LogP) is 2.71. The molecule has 1 aromatic carbocycles. The molecule has 0 aromatic heterocycles. The number of carbonyl (C=O) groups is 1. The van der Waals surface area contributed by atoms with Gasteiger partial charge in [-0.15, -0.1) is 0 Å². The van der Waals surface area contributed by atoms with Gasteiger partial charge in [-0.2, -0.15) is 0 Å². The summed E-state index contributed by atoms with van der Waals surface area (Å²) in [6, 6.07) is 7.42. The van der Waals surface area contributed by atoms with Crippen molar-refractivity contribution >= 4 is 11.5 Å². The van der Waals surface area contributed by atoms with Crippen LogP contribution < -0.4 is 0 Å². The van der Waals surface area contributed by atoms with Crippen LogP contribution in [0.3, 0.4) is 0 Å². The third-order valence-electron chi connectivity index (χ3n) is 3.31. The van der Waals surface area contributed by atoms with E-state index in [4.69, 9.17) is 4.74 Å². The first-order valence-electron chi connectivity index (χ1n) is 6.29. The van der Waals surface area contributed by atoms with E-state index in [2.05, 4.69) is 6.58 Å². The minimum absolute atomic E-state index is 0.378. The van der Waals surface area contributed by atoms with Gasteiger partial charge >= 0.3 is 5.97 Å². The predicted molar refractivity (Wildman–Crippen MR) is 69.8 cm³/mol. The lowest BCUT2D eigenvalue weighted by molar-refractivity contribution is -0.149. The summed E-state index contributed by atoms with van der Waals surface area (Å²) in [7, 11) is 0. The number of esters is 1. The fraction of sp³-hybridized carbons (Fsp3) is 0.400. The van der Waals surface area contributed by atoms with Crippen molar-refractivity contribution in [1.82, 2.24) is 0 Å². The number of benzene rings is 1. The summed E-state index contributed by atoms with van der Waals surface area (Å²) in [5, 5.41) is 10.2. The van der Waals surface area contributed by atoms with Gasteiger partial charge in [-0.05, 0) is 23.1 Å². The van der Waals surface area contributed by atoms with Crippen LogP contribution in [0.1, 0.15) is 37.0 Å². The zero-order valence-electron chi connectivity index (χ0n) is 10.6. The van der Waals surface area contributed by atoms with Gasteiger partial charge in [0.15, 0.2) is 0 Å². The maximum Gasteiger partial charge on any atom is 0.316 e. The molecular formula is C15H18O3. The van der Waals surface area contributed by atoms with Crippen molar-refractivity contribution in [3.05, 3.63) is 42.0 Å². The average molecular weight is 246 g/mol. The first-order chi connectivity index (χ1) is 8.66. The molecule has 0 amide bonds. The Bertz CT molecular complexity index is 465. The lowest BCUT2D eigenvalue weighted by atomic mass is 10.0. The Labute approximate surface area is 107 Å². The molecule has 18 heavy (non-hydrogen) atoms. The van der Waals surface area contributed by atoms with Crippen molar-refractivity contribution in [1.29, 1.82) is 0 Å². The van der Waals surface area contributed by atoms with Crippen LogP contribution in [0.4, 0.5) is 0 Å². The van der Waals surface area contributed by atoms with E-state index in [1.54, 1.807) is 0 Å². The number of aliphatic hydroxyl groups excluding tert-OH is 1. The van der Waals surface area contributed by atoms with Gasteiger partial charge in [0.25, 0.3) is 0 Å². The first kappa shape index (κ1) is 12.8. The molecule has 0 saturated carbocycles. The van der Waals surface area contributed by atoms with E-state index < -0.39 is 12.0 Å². The maximum absolute atomic E-state index is 12.0. The Morgan fingerprint density at radius 1 is 1.44 bits per heavy atom. The molecule has 0 unspecified atom stereocenters. The summed E-state index contributed by atoms with van der Waals surface area (Å²) >= 11 is 0. The van der Waals surface area contributed by atoms with Gasteiger partial charge in [-0.3, -0.25) is 4.79 Å². The minimum Gasteiger partial charge on any atom is -0.465 e. The summed E-state index contributed by atoms with van der Waals surface area (Å²) in [6.07, 6.45) is 0.984. The smallest absolute Gasteiger partial charge is 0.316 e. The van der Waals surface area contributed by atoms with Crippen molar-refractivity contribution in [3.8, 4) is 0 Å². The second kappa shape index (κ2) is 5.36. The average Bonchev–Trinajstić information content (AvgIpc) is 2.63. The molecule has 3 nitrogen and oxygen atoms in total. The van der Waals surface area contributed by atoms with Crippen molar-refractivity contribution in [2.45, 2.75) is 25.9 Å². The van der Waals surface area contributed by atoms with Gasteiger partial charge in [-0.1, -0.05) is 44.2 Å². The number of hydrogen-bond donors (Lipinski definition) is 1.